The number of benzene rings is 2. The van der Waals surface area contributed by atoms with Gasteiger partial charge in [0, 0.05) is 44.7 Å². The number of methoxy groups -OCH3 is 1. The van der Waals surface area contributed by atoms with Crippen molar-refractivity contribution < 1.29 is 23.9 Å². The predicted molar refractivity (Wildman–Crippen MR) is 184 cm³/mol. The molecule has 250 valence electrons. The summed E-state index contributed by atoms with van der Waals surface area (Å²) in [5.74, 6) is 1.04. The van der Waals surface area contributed by atoms with Crippen LogP contribution in [0.1, 0.15) is 61.5 Å². The van der Waals surface area contributed by atoms with Gasteiger partial charge in [0.15, 0.2) is 5.82 Å². The van der Waals surface area contributed by atoms with Gasteiger partial charge in [-0.2, -0.15) is 0 Å². The first-order valence-corrected chi connectivity index (χ1v) is 16.3. The number of unbranched alkanes of at least 4 members (excludes halogenated alkanes) is 1. The summed E-state index contributed by atoms with van der Waals surface area (Å²) in [4.78, 5) is 44.8. The molecule has 1 amide bonds. The maximum absolute atomic E-state index is 12.6. The molecule has 0 spiro atoms. The van der Waals surface area contributed by atoms with Crippen LogP contribution in [0.3, 0.4) is 0 Å². The monoisotopic (exact) mass is 643 g/mol. The number of hydrogen-bond acceptors (Lipinski definition) is 11. The number of rotatable bonds is 14. The lowest BCUT2D eigenvalue weighted by Gasteiger charge is -2.37. The van der Waals surface area contributed by atoms with Gasteiger partial charge in [0.05, 0.1) is 49.0 Å². The molecule has 2 N–H and O–H groups in total. The van der Waals surface area contributed by atoms with E-state index in [1.54, 1.807) is 24.3 Å². The van der Waals surface area contributed by atoms with Crippen molar-refractivity contribution in [3.8, 4) is 5.75 Å². The van der Waals surface area contributed by atoms with Gasteiger partial charge in [-0.1, -0.05) is 39.0 Å². The molecule has 2 aliphatic rings. The van der Waals surface area contributed by atoms with Gasteiger partial charge in [-0.3, -0.25) is 14.5 Å². The molecule has 12 heteroatoms. The van der Waals surface area contributed by atoms with Crippen LogP contribution < -0.4 is 25.3 Å². The van der Waals surface area contributed by atoms with E-state index in [-0.39, 0.29) is 17.9 Å². The summed E-state index contributed by atoms with van der Waals surface area (Å²) < 4.78 is 11.2. The average molecular weight is 644 g/mol. The molecule has 0 bridgehead atoms. The van der Waals surface area contributed by atoms with Gasteiger partial charge >= 0.3 is 5.97 Å². The van der Waals surface area contributed by atoms with Crippen LogP contribution in [0.25, 0.3) is 0 Å². The molecule has 1 atom stereocenters. The summed E-state index contributed by atoms with van der Waals surface area (Å²) >= 11 is 0. The van der Waals surface area contributed by atoms with Crippen LogP contribution in [0.4, 0.5) is 28.7 Å². The van der Waals surface area contributed by atoms with E-state index in [1.165, 1.54) is 12.4 Å². The Labute approximate surface area is 276 Å². The molecule has 0 radical (unpaired) electrons. The van der Waals surface area contributed by atoms with Crippen LogP contribution in [0.15, 0.2) is 61.4 Å². The molecule has 0 unspecified atom stereocenters. The van der Waals surface area contributed by atoms with Crippen LogP contribution in [0.5, 0.6) is 5.75 Å². The first-order chi connectivity index (χ1) is 22.9. The number of esters is 1. The van der Waals surface area contributed by atoms with Crippen LogP contribution in [0.2, 0.25) is 0 Å². The van der Waals surface area contributed by atoms with Gasteiger partial charge in [-0.05, 0) is 49.2 Å². The zero-order valence-electron chi connectivity index (χ0n) is 27.5. The van der Waals surface area contributed by atoms with E-state index in [0.29, 0.717) is 47.5 Å². The Morgan fingerprint density at radius 1 is 1.06 bits per heavy atom. The Hall–Kier alpha value is -4.68. The second-order valence-electron chi connectivity index (χ2n) is 11.6. The van der Waals surface area contributed by atoms with E-state index in [2.05, 4.69) is 50.8 Å². The van der Waals surface area contributed by atoms with Gasteiger partial charge in [-0.25, -0.2) is 19.8 Å². The van der Waals surface area contributed by atoms with Gasteiger partial charge in [0.1, 0.15) is 17.9 Å². The number of hydrogen-bond donors (Lipinski definition) is 2. The topological polar surface area (TPSA) is 121 Å². The lowest BCUT2D eigenvalue weighted by atomic mass is 10.0. The van der Waals surface area contributed by atoms with E-state index in [1.807, 2.05) is 30.3 Å². The van der Waals surface area contributed by atoms with Crippen LogP contribution in [-0.4, -0.2) is 79.8 Å². The van der Waals surface area contributed by atoms with E-state index in [0.717, 1.165) is 69.7 Å². The Morgan fingerprint density at radius 2 is 1.89 bits per heavy atom. The first-order valence-electron chi connectivity index (χ1n) is 16.3. The van der Waals surface area contributed by atoms with Crippen molar-refractivity contribution in [3.63, 3.8) is 0 Å². The minimum atomic E-state index is -0.332. The molecular weight excluding hydrogens is 598 g/mol. The van der Waals surface area contributed by atoms with Gasteiger partial charge in [0.25, 0.3) is 0 Å². The average Bonchev–Trinajstić information content (AvgIpc) is 3.60. The molecule has 3 heterocycles. The fraction of sp³-hybridized carbons (Fsp3) is 0.429. The third-order valence-corrected chi connectivity index (χ3v) is 8.30. The summed E-state index contributed by atoms with van der Waals surface area (Å²) in [6, 6.07) is 12.9. The van der Waals surface area contributed by atoms with E-state index < -0.39 is 0 Å². The summed E-state index contributed by atoms with van der Waals surface area (Å²) in [6.45, 7) is 13.4. The zero-order valence-corrected chi connectivity index (χ0v) is 27.5. The number of nitrogens with zero attached hydrogens (tertiary/aromatic N) is 5. The second-order valence-corrected chi connectivity index (χ2v) is 11.6. The second kappa shape index (κ2) is 16.2. The number of hydroxylamine groups is 1. The fourth-order valence-electron chi connectivity index (χ4n) is 5.85. The standard InChI is InChI=1S/C35H45N7O5/c1-5-8-18-46-35(44)26-11-9-10-25(20-26)29-12-19-47-42(29)33-23-32(36-24-37-33)38-28-21-27(39-34(43)7-3)30(22-31(28)45-4)41-16-14-40(13-6-2)15-17-41/h7,9-11,20-24,29H,3,5-6,8,12-19H2,1-2,4H3,(H,39,43)(H,36,37,38)/t29-/m1/s1. The molecule has 0 aliphatic carbocycles. The Bertz CT molecular complexity index is 1540. The summed E-state index contributed by atoms with van der Waals surface area (Å²) in [7, 11) is 1.62. The Balaban J connectivity index is 1.37. The molecule has 5 rings (SSSR count). The number of carbonyl (C=O) groups is 2. The van der Waals surface area contributed by atoms with Crippen LogP contribution >= 0.6 is 0 Å². The molecule has 2 aromatic carbocycles. The number of piperazine rings is 1. The molecular formula is C35H45N7O5. The molecule has 12 nitrogen and oxygen atoms in total. The molecule has 2 fully saturated rings. The molecule has 2 aliphatic heterocycles. The lowest BCUT2D eigenvalue weighted by Crippen LogP contribution is -2.46. The number of anilines is 5. The lowest BCUT2D eigenvalue weighted by molar-refractivity contribution is -0.111. The van der Waals surface area contributed by atoms with Gasteiger partial charge < -0.3 is 25.0 Å². The zero-order chi connectivity index (χ0) is 33.2. The SMILES string of the molecule is C=CC(=O)Nc1cc(Nc2cc(N3OCC[C@@H]3c3cccc(C(=O)OCCCC)c3)ncn2)c(OC)cc1N1CCN(CCC)CC1. The number of amides is 1. The highest BCUT2D eigenvalue weighted by Crippen LogP contribution is 2.40. The molecule has 2 saturated heterocycles. The predicted octanol–water partition coefficient (Wildman–Crippen LogP) is 5.73. The molecule has 1 aromatic heterocycles. The summed E-state index contributed by atoms with van der Waals surface area (Å²) in [5.41, 5.74) is 3.58. The summed E-state index contributed by atoms with van der Waals surface area (Å²) in [5, 5.41) is 8.08. The van der Waals surface area contributed by atoms with Crippen LogP contribution in [-0.2, 0) is 14.4 Å². The van der Waals surface area contributed by atoms with Crippen molar-refractivity contribution in [2.75, 3.05) is 73.6 Å². The van der Waals surface area contributed by atoms with Gasteiger partial charge in [0.2, 0.25) is 5.91 Å². The third kappa shape index (κ3) is 8.38. The highest BCUT2D eigenvalue weighted by molar-refractivity contribution is 6.02. The number of ether oxygens (including phenoxy) is 2. The van der Waals surface area contributed by atoms with E-state index in [4.69, 9.17) is 14.3 Å². The minimum Gasteiger partial charge on any atom is -0.494 e. The van der Waals surface area contributed by atoms with Crippen molar-refractivity contribution >= 4 is 40.6 Å². The van der Waals surface area contributed by atoms with E-state index in [9.17, 15) is 9.59 Å². The van der Waals surface area contributed by atoms with Gasteiger partial charge in [-0.15, -0.1) is 0 Å². The minimum absolute atomic E-state index is 0.159. The maximum atomic E-state index is 12.6. The van der Waals surface area contributed by atoms with Crippen LogP contribution in [0, 0.1) is 0 Å². The molecule has 47 heavy (non-hydrogen) atoms. The number of aromatic nitrogens is 2. The Kier molecular flexibility index (Phi) is 11.6. The maximum Gasteiger partial charge on any atom is 0.338 e. The van der Waals surface area contributed by atoms with E-state index >= 15 is 0 Å². The van der Waals surface area contributed by atoms with Crippen molar-refractivity contribution in [2.45, 2.75) is 45.6 Å². The van der Waals surface area contributed by atoms with Crippen molar-refractivity contribution in [1.82, 2.24) is 14.9 Å². The van der Waals surface area contributed by atoms with Crippen molar-refractivity contribution in [3.05, 3.63) is 72.6 Å². The smallest absolute Gasteiger partial charge is 0.338 e. The first kappa shape index (κ1) is 33.7. The number of carbonyl (C=O) groups excluding carboxylic acids is 2. The highest BCUT2D eigenvalue weighted by atomic mass is 16.7. The Morgan fingerprint density at radius 3 is 2.64 bits per heavy atom. The van der Waals surface area contributed by atoms with Crippen molar-refractivity contribution in [1.29, 1.82) is 0 Å². The fourth-order valence-corrected chi connectivity index (χ4v) is 5.85. The summed E-state index contributed by atoms with van der Waals surface area (Å²) in [6.07, 6.45) is 6.35. The molecule has 3 aromatic rings. The number of nitrogens with one attached hydrogen (secondary N) is 2. The largest absolute Gasteiger partial charge is 0.494 e. The molecule has 0 saturated carbocycles. The van der Waals surface area contributed by atoms with Crippen molar-refractivity contribution in [2.24, 2.45) is 0 Å². The quantitative estimate of drug-likeness (QED) is 0.127. The third-order valence-electron chi connectivity index (χ3n) is 8.30. The highest BCUT2D eigenvalue weighted by Gasteiger charge is 2.30. The normalized spacial score (nSPS) is 16.5.